The number of hydrogen-bond donors (Lipinski definition) is 3. The molecule has 1 fully saturated rings. The van der Waals surface area contributed by atoms with Crippen LogP contribution in [0, 0.1) is 11.6 Å². The number of carbonyl (C=O) groups excluding carboxylic acids is 1. The number of nitrogens with zero attached hydrogens (tertiary/aromatic N) is 5. The molecule has 1 unspecified atom stereocenters. The van der Waals surface area contributed by atoms with Gasteiger partial charge in [-0.3, -0.25) is 18.2 Å². The van der Waals surface area contributed by atoms with E-state index in [2.05, 4.69) is 42.4 Å². The maximum absolute atomic E-state index is 15.2. The van der Waals surface area contributed by atoms with Crippen LogP contribution in [0.25, 0.3) is 22.2 Å². The third-order valence-electron chi connectivity index (χ3n) is 7.33. The number of para-hydroxylation sites is 1. The molecule has 2 aromatic heterocycles. The van der Waals surface area contributed by atoms with Gasteiger partial charge in [-0.1, -0.05) is 18.2 Å². The van der Waals surface area contributed by atoms with Crippen LogP contribution in [0.2, 0.25) is 0 Å². The number of rotatable bonds is 11. The molecule has 1 amide bonds. The molecule has 1 saturated heterocycles. The molecule has 1 aliphatic heterocycles. The SMILES string of the molecule is COCC(C(=O)Nc1cccc2c(-c3nc(Nc4cccc(N(C)SOC)c4F)ncc3F)c[nH]c12)N1CCN(C)CC1. The van der Waals surface area contributed by atoms with Crippen LogP contribution >= 0.6 is 12.2 Å². The van der Waals surface area contributed by atoms with Gasteiger partial charge in [0.25, 0.3) is 0 Å². The highest BCUT2D eigenvalue weighted by Crippen LogP contribution is 2.34. The van der Waals surface area contributed by atoms with Gasteiger partial charge in [-0.2, -0.15) is 0 Å². The third-order valence-corrected chi connectivity index (χ3v) is 7.90. The van der Waals surface area contributed by atoms with Gasteiger partial charge in [0.1, 0.15) is 24.0 Å². The lowest BCUT2D eigenvalue weighted by atomic mass is 10.1. The molecule has 0 spiro atoms. The molecular weight excluding hydrogens is 578 g/mol. The quantitative estimate of drug-likeness (QED) is 0.166. The van der Waals surface area contributed by atoms with Crippen LogP contribution in [0.4, 0.5) is 31.8 Å². The van der Waals surface area contributed by atoms with E-state index in [1.165, 1.54) is 17.5 Å². The molecule has 3 heterocycles. The largest absolute Gasteiger partial charge is 0.383 e. The summed E-state index contributed by atoms with van der Waals surface area (Å²) >= 11 is 0.978. The van der Waals surface area contributed by atoms with Crippen LogP contribution in [0.5, 0.6) is 0 Å². The first-order valence-corrected chi connectivity index (χ1v) is 14.4. The third kappa shape index (κ3) is 6.73. The maximum atomic E-state index is 15.2. The summed E-state index contributed by atoms with van der Waals surface area (Å²) in [4.78, 5) is 29.3. The Morgan fingerprint density at radius 3 is 2.63 bits per heavy atom. The lowest BCUT2D eigenvalue weighted by Crippen LogP contribution is -2.54. The van der Waals surface area contributed by atoms with Crippen LogP contribution in [0.15, 0.2) is 48.8 Å². The number of ether oxygens (including phenoxy) is 1. The Morgan fingerprint density at radius 1 is 1.14 bits per heavy atom. The first kappa shape index (κ1) is 30.6. The van der Waals surface area contributed by atoms with Gasteiger partial charge in [-0.15, -0.1) is 0 Å². The van der Waals surface area contributed by atoms with Crippen molar-refractivity contribution < 1.29 is 22.5 Å². The van der Waals surface area contributed by atoms with Crippen molar-refractivity contribution >= 4 is 52.0 Å². The Morgan fingerprint density at radius 2 is 1.88 bits per heavy atom. The van der Waals surface area contributed by atoms with Gasteiger partial charge in [0, 0.05) is 57.5 Å². The molecule has 3 N–H and O–H groups in total. The number of fused-ring (bicyclic) bond motifs is 1. The van der Waals surface area contributed by atoms with Crippen LogP contribution in [-0.4, -0.2) is 97.8 Å². The number of amides is 1. The fraction of sp³-hybridized carbons (Fsp3) is 0.345. The summed E-state index contributed by atoms with van der Waals surface area (Å²) in [5.74, 6) is -1.36. The number of piperazine rings is 1. The highest BCUT2D eigenvalue weighted by Gasteiger charge is 2.29. The molecule has 4 aromatic rings. The lowest BCUT2D eigenvalue weighted by molar-refractivity contribution is -0.124. The average Bonchev–Trinajstić information content (AvgIpc) is 3.43. The van der Waals surface area contributed by atoms with E-state index >= 15 is 8.78 Å². The Balaban J connectivity index is 1.40. The summed E-state index contributed by atoms with van der Waals surface area (Å²) in [5, 5.41) is 6.54. The molecule has 2 aromatic carbocycles. The summed E-state index contributed by atoms with van der Waals surface area (Å²) < 4.78 is 42.3. The van der Waals surface area contributed by atoms with E-state index in [1.807, 2.05) is 6.07 Å². The van der Waals surface area contributed by atoms with E-state index in [0.29, 0.717) is 22.2 Å². The molecule has 0 aliphatic carbocycles. The van der Waals surface area contributed by atoms with Gasteiger partial charge in [-0.25, -0.2) is 18.7 Å². The number of carbonyl (C=O) groups is 1. The van der Waals surface area contributed by atoms with Crippen LogP contribution in [0.1, 0.15) is 0 Å². The number of halogens is 2. The van der Waals surface area contributed by atoms with Gasteiger partial charge in [0.05, 0.1) is 42.5 Å². The van der Waals surface area contributed by atoms with E-state index in [4.69, 9.17) is 8.92 Å². The number of benzene rings is 2. The van der Waals surface area contributed by atoms with Crippen molar-refractivity contribution in [3.8, 4) is 11.3 Å². The molecule has 11 nitrogen and oxygen atoms in total. The Hall–Kier alpha value is -3.82. The fourth-order valence-corrected chi connectivity index (χ4v) is 5.50. The highest BCUT2D eigenvalue weighted by molar-refractivity contribution is 7.96. The molecule has 43 heavy (non-hydrogen) atoms. The van der Waals surface area contributed by atoms with Gasteiger partial charge in [0.2, 0.25) is 11.9 Å². The minimum atomic E-state index is -0.651. The number of aromatic nitrogens is 3. The van der Waals surface area contributed by atoms with Gasteiger partial charge < -0.3 is 25.3 Å². The second-order valence-corrected chi connectivity index (χ2v) is 11.2. The van der Waals surface area contributed by atoms with Gasteiger partial charge in [0.15, 0.2) is 11.6 Å². The predicted molar refractivity (Wildman–Crippen MR) is 165 cm³/mol. The number of hydrogen-bond acceptors (Lipinski definition) is 10. The molecular formula is C29H34F2N8O3S. The molecule has 0 radical (unpaired) electrons. The van der Waals surface area contributed by atoms with Crippen molar-refractivity contribution in [2.75, 3.05) is 76.0 Å². The van der Waals surface area contributed by atoms with Crippen LogP contribution in [-0.2, 0) is 13.7 Å². The fourth-order valence-electron chi connectivity index (χ4n) is 5.06. The van der Waals surface area contributed by atoms with Gasteiger partial charge in [-0.05, 0) is 25.2 Å². The van der Waals surface area contributed by atoms with E-state index in [0.717, 1.165) is 44.6 Å². The topological polar surface area (TPSA) is 111 Å². The normalized spacial score (nSPS) is 15.0. The van der Waals surface area contributed by atoms with Crippen molar-refractivity contribution in [2.45, 2.75) is 6.04 Å². The van der Waals surface area contributed by atoms with Crippen molar-refractivity contribution in [3.05, 3.63) is 60.4 Å². The predicted octanol–water partition coefficient (Wildman–Crippen LogP) is 4.49. The molecule has 0 bridgehead atoms. The van der Waals surface area contributed by atoms with Crippen molar-refractivity contribution in [3.63, 3.8) is 0 Å². The minimum absolute atomic E-state index is 0.0166. The second kappa shape index (κ2) is 13.7. The summed E-state index contributed by atoms with van der Waals surface area (Å²) in [6.45, 7) is 3.51. The zero-order chi connectivity index (χ0) is 30.5. The van der Waals surface area contributed by atoms with E-state index in [1.54, 1.807) is 44.6 Å². The molecule has 14 heteroatoms. The van der Waals surface area contributed by atoms with E-state index < -0.39 is 17.7 Å². The Kier molecular flexibility index (Phi) is 9.72. The maximum Gasteiger partial charge on any atom is 0.244 e. The number of methoxy groups -OCH3 is 1. The molecule has 228 valence electrons. The first-order chi connectivity index (χ1) is 20.8. The van der Waals surface area contributed by atoms with Crippen LogP contribution < -0.4 is 14.9 Å². The monoisotopic (exact) mass is 612 g/mol. The molecule has 1 aliphatic rings. The Labute approximate surface area is 252 Å². The number of H-pyrrole nitrogens is 1. The van der Waals surface area contributed by atoms with E-state index in [9.17, 15) is 4.79 Å². The van der Waals surface area contributed by atoms with E-state index in [-0.39, 0.29) is 35.5 Å². The zero-order valence-corrected chi connectivity index (χ0v) is 25.2. The van der Waals surface area contributed by atoms with Gasteiger partial charge >= 0.3 is 0 Å². The zero-order valence-electron chi connectivity index (χ0n) is 24.4. The average molecular weight is 613 g/mol. The van der Waals surface area contributed by atoms with Crippen molar-refractivity contribution in [1.82, 2.24) is 24.8 Å². The van der Waals surface area contributed by atoms with Crippen molar-refractivity contribution in [1.29, 1.82) is 0 Å². The summed E-state index contributed by atoms with van der Waals surface area (Å²) in [5.41, 5.74) is 2.05. The summed E-state index contributed by atoms with van der Waals surface area (Å²) in [7, 11) is 6.80. The number of likely N-dealkylation sites (N-methyl/N-ethyl adjacent to an activating group) is 1. The Bertz CT molecular complexity index is 1580. The summed E-state index contributed by atoms with van der Waals surface area (Å²) in [6, 6.07) is 9.74. The minimum Gasteiger partial charge on any atom is -0.383 e. The molecule has 0 saturated carbocycles. The lowest BCUT2D eigenvalue weighted by Gasteiger charge is -2.36. The summed E-state index contributed by atoms with van der Waals surface area (Å²) in [6.07, 6.45) is 2.66. The number of nitrogens with one attached hydrogen (secondary N) is 3. The van der Waals surface area contributed by atoms with Crippen molar-refractivity contribution in [2.24, 2.45) is 0 Å². The number of aromatic amines is 1. The molecule has 5 rings (SSSR count). The second-order valence-electron chi connectivity index (χ2n) is 10.1. The molecule has 1 atom stereocenters. The van der Waals surface area contributed by atoms with Crippen LogP contribution in [0.3, 0.4) is 0 Å². The first-order valence-electron chi connectivity index (χ1n) is 13.7. The highest BCUT2D eigenvalue weighted by atomic mass is 32.2. The standard InChI is InChI=1S/C29H34F2N8O3S/c1-37-11-13-39(14-12-37)24(17-41-3)28(40)34-22-9-5-7-18-19(15-32-27(18)22)26-20(30)16-33-29(36-26)35-21-8-6-10-23(25(21)31)38(2)43-42-4/h5-10,15-16,24,32H,11-14,17H2,1-4H3,(H,34,40)(H,33,35,36). The number of anilines is 4. The smallest absolute Gasteiger partial charge is 0.244 e.